The van der Waals surface area contributed by atoms with Gasteiger partial charge in [-0.05, 0) is 59.9 Å². The fourth-order valence-electron chi connectivity index (χ4n) is 5.19. The van der Waals surface area contributed by atoms with Crippen LogP contribution in [0.4, 0.5) is 5.69 Å². The summed E-state index contributed by atoms with van der Waals surface area (Å²) in [4.78, 5) is 30.0. The van der Waals surface area contributed by atoms with Crippen LogP contribution in [0, 0.1) is 0 Å². The van der Waals surface area contributed by atoms with Crippen molar-refractivity contribution in [2.24, 2.45) is 0 Å². The monoisotopic (exact) mass is 693 g/mol. The van der Waals surface area contributed by atoms with Crippen molar-refractivity contribution in [3.63, 3.8) is 0 Å². The maximum atomic E-state index is 14.6. The summed E-state index contributed by atoms with van der Waals surface area (Å²) in [5, 5.41) is 3.64. The standard InChI is InChI=1S/C37H41Cl2N3O4S/c1-4-5-23-40-37(44)35(24-28-13-8-6-9-14-28)41(25-32-33(38)17-12-18-34(32)39)36(43)26-42(30-21-19-29(20-22-30)27(2)3)47(45,46)31-15-10-7-11-16-31/h6-22,27,35H,4-5,23-26H2,1-3H3,(H,40,44)/t35-/m0/s1. The Bertz CT molecular complexity index is 1710. The number of hydrogen-bond donors (Lipinski definition) is 1. The van der Waals surface area contributed by atoms with E-state index in [4.69, 9.17) is 23.2 Å². The summed E-state index contributed by atoms with van der Waals surface area (Å²) in [7, 11) is -4.19. The van der Waals surface area contributed by atoms with E-state index in [0.717, 1.165) is 28.3 Å². The van der Waals surface area contributed by atoms with E-state index < -0.39 is 28.5 Å². The zero-order valence-electron chi connectivity index (χ0n) is 26.9. The molecule has 0 aliphatic rings. The lowest BCUT2D eigenvalue weighted by Gasteiger charge is -2.34. The largest absolute Gasteiger partial charge is 0.354 e. The number of nitrogens with zero attached hydrogens (tertiary/aromatic N) is 2. The lowest BCUT2D eigenvalue weighted by molar-refractivity contribution is -0.140. The molecule has 7 nitrogen and oxygen atoms in total. The highest BCUT2D eigenvalue weighted by molar-refractivity contribution is 7.92. The first-order valence-electron chi connectivity index (χ1n) is 15.7. The predicted octanol–water partition coefficient (Wildman–Crippen LogP) is 7.87. The number of carbonyl (C=O) groups is 2. The number of hydrogen-bond acceptors (Lipinski definition) is 4. The van der Waals surface area contributed by atoms with E-state index >= 15 is 0 Å². The fraction of sp³-hybridized carbons (Fsp3) is 0.297. The molecule has 0 fully saturated rings. The zero-order valence-corrected chi connectivity index (χ0v) is 29.2. The summed E-state index contributed by atoms with van der Waals surface area (Å²) in [5.41, 5.74) is 2.65. The molecule has 0 radical (unpaired) electrons. The first-order chi connectivity index (χ1) is 22.5. The molecule has 0 aromatic heterocycles. The minimum absolute atomic E-state index is 0.0413. The zero-order chi connectivity index (χ0) is 34.0. The molecule has 0 saturated heterocycles. The Morgan fingerprint density at radius 2 is 1.40 bits per heavy atom. The summed E-state index contributed by atoms with van der Waals surface area (Å²) < 4.78 is 29.5. The van der Waals surface area contributed by atoms with Crippen LogP contribution >= 0.6 is 23.2 Å². The number of carbonyl (C=O) groups excluding carboxylic acids is 2. The third-order valence-electron chi connectivity index (χ3n) is 7.95. The van der Waals surface area contributed by atoms with Crippen LogP contribution in [-0.2, 0) is 32.6 Å². The van der Waals surface area contributed by atoms with Crippen molar-refractivity contribution in [2.75, 3.05) is 17.4 Å². The first-order valence-corrected chi connectivity index (χ1v) is 17.9. The molecule has 47 heavy (non-hydrogen) atoms. The van der Waals surface area contributed by atoms with Crippen molar-refractivity contribution in [1.29, 1.82) is 0 Å². The van der Waals surface area contributed by atoms with Crippen LogP contribution in [0.25, 0.3) is 0 Å². The summed E-state index contributed by atoms with van der Waals surface area (Å²) in [6.45, 7) is 5.89. The third-order valence-corrected chi connectivity index (χ3v) is 10.4. The highest BCUT2D eigenvalue weighted by Crippen LogP contribution is 2.29. The maximum absolute atomic E-state index is 14.6. The van der Waals surface area contributed by atoms with Gasteiger partial charge < -0.3 is 10.2 Å². The van der Waals surface area contributed by atoms with Crippen molar-refractivity contribution in [1.82, 2.24) is 10.2 Å². The van der Waals surface area contributed by atoms with Gasteiger partial charge in [0.15, 0.2) is 0 Å². The Kier molecular flexibility index (Phi) is 12.9. The Balaban J connectivity index is 1.82. The Hall–Kier alpha value is -3.85. The lowest BCUT2D eigenvalue weighted by atomic mass is 10.0. The number of anilines is 1. The molecule has 10 heteroatoms. The molecule has 0 aliphatic heterocycles. The Morgan fingerprint density at radius 3 is 1.98 bits per heavy atom. The predicted molar refractivity (Wildman–Crippen MR) is 190 cm³/mol. The molecule has 0 unspecified atom stereocenters. The van der Waals surface area contributed by atoms with Gasteiger partial charge in [-0.15, -0.1) is 0 Å². The van der Waals surface area contributed by atoms with E-state index in [2.05, 4.69) is 5.32 Å². The fourth-order valence-corrected chi connectivity index (χ4v) is 7.14. The molecule has 1 atom stereocenters. The smallest absolute Gasteiger partial charge is 0.264 e. The minimum atomic E-state index is -4.19. The van der Waals surface area contributed by atoms with Gasteiger partial charge in [0.25, 0.3) is 10.0 Å². The molecule has 4 aromatic rings. The molecule has 0 saturated carbocycles. The van der Waals surface area contributed by atoms with Gasteiger partial charge in [-0.1, -0.05) is 117 Å². The molecule has 248 valence electrons. The number of rotatable bonds is 15. The first kappa shape index (κ1) is 36.0. The minimum Gasteiger partial charge on any atom is -0.354 e. The number of amides is 2. The normalized spacial score (nSPS) is 12.0. The van der Waals surface area contributed by atoms with Crippen molar-refractivity contribution in [3.05, 3.63) is 130 Å². The summed E-state index contributed by atoms with van der Waals surface area (Å²) >= 11 is 13.2. The molecule has 0 bridgehead atoms. The van der Waals surface area contributed by atoms with Crippen molar-refractivity contribution in [2.45, 2.75) is 63.4 Å². The van der Waals surface area contributed by atoms with E-state index in [0.29, 0.717) is 27.8 Å². The average Bonchev–Trinajstić information content (AvgIpc) is 3.07. The SMILES string of the molecule is CCCCNC(=O)[C@H](Cc1ccccc1)N(Cc1c(Cl)cccc1Cl)C(=O)CN(c1ccc(C(C)C)cc1)S(=O)(=O)c1ccccc1. The van der Waals surface area contributed by atoms with Gasteiger partial charge in [0.1, 0.15) is 12.6 Å². The van der Waals surface area contributed by atoms with Crippen LogP contribution in [0.15, 0.2) is 108 Å². The van der Waals surface area contributed by atoms with Crippen molar-refractivity contribution >= 4 is 50.7 Å². The second-order valence-corrected chi connectivity index (χ2v) is 14.3. The van der Waals surface area contributed by atoms with Gasteiger partial charge in [0.05, 0.1) is 10.6 Å². The quantitative estimate of drug-likeness (QED) is 0.128. The summed E-state index contributed by atoms with van der Waals surface area (Å²) in [6, 6.07) is 28.6. The molecular weight excluding hydrogens is 653 g/mol. The van der Waals surface area contributed by atoms with Crippen LogP contribution in [0.3, 0.4) is 0 Å². The molecule has 4 rings (SSSR count). The van der Waals surface area contributed by atoms with E-state index in [-0.39, 0.29) is 29.7 Å². The molecule has 2 amide bonds. The van der Waals surface area contributed by atoms with Crippen LogP contribution < -0.4 is 9.62 Å². The number of halogens is 2. The van der Waals surface area contributed by atoms with Gasteiger partial charge >= 0.3 is 0 Å². The van der Waals surface area contributed by atoms with E-state index in [1.54, 1.807) is 48.5 Å². The summed E-state index contributed by atoms with van der Waals surface area (Å²) in [6.07, 6.45) is 1.84. The molecule has 1 N–H and O–H groups in total. The number of sulfonamides is 1. The van der Waals surface area contributed by atoms with Crippen LogP contribution in [0.5, 0.6) is 0 Å². The summed E-state index contributed by atoms with van der Waals surface area (Å²) in [5.74, 6) is -0.705. The molecule has 4 aromatic carbocycles. The molecule has 0 spiro atoms. The second-order valence-electron chi connectivity index (χ2n) is 11.6. The van der Waals surface area contributed by atoms with Crippen LogP contribution in [0.1, 0.15) is 56.2 Å². The van der Waals surface area contributed by atoms with Gasteiger partial charge in [-0.2, -0.15) is 0 Å². The maximum Gasteiger partial charge on any atom is 0.264 e. The Morgan fingerprint density at radius 1 is 0.809 bits per heavy atom. The third kappa shape index (κ3) is 9.37. The Labute approximate surface area is 288 Å². The molecule has 0 heterocycles. The van der Waals surface area contributed by atoms with E-state index in [9.17, 15) is 18.0 Å². The van der Waals surface area contributed by atoms with Gasteiger partial charge in [-0.25, -0.2) is 8.42 Å². The van der Waals surface area contributed by atoms with Crippen molar-refractivity contribution in [3.8, 4) is 0 Å². The number of benzene rings is 4. The number of unbranched alkanes of at least 4 members (excludes halogenated alkanes) is 1. The topological polar surface area (TPSA) is 86.8 Å². The van der Waals surface area contributed by atoms with Crippen LogP contribution in [0.2, 0.25) is 10.0 Å². The van der Waals surface area contributed by atoms with E-state index in [1.807, 2.05) is 63.2 Å². The number of nitrogens with one attached hydrogen (secondary N) is 1. The second kappa shape index (κ2) is 16.8. The van der Waals surface area contributed by atoms with Gasteiger partial charge in [0.2, 0.25) is 11.8 Å². The van der Waals surface area contributed by atoms with Crippen molar-refractivity contribution < 1.29 is 18.0 Å². The average molecular weight is 695 g/mol. The molecular formula is C37H41Cl2N3O4S. The lowest BCUT2D eigenvalue weighted by Crippen LogP contribution is -2.53. The van der Waals surface area contributed by atoms with Crippen LogP contribution in [-0.4, -0.2) is 44.3 Å². The van der Waals surface area contributed by atoms with Gasteiger partial charge in [-0.3, -0.25) is 13.9 Å². The highest BCUT2D eigenvalue weighted by Gasteiger charge is 2.35. The van der Waals surface area contributed by atoms with Gasteiger partial charge in [0, 0.05) is 35.1 Å². The highest BCUT2D eigenvalue weighted by atomic mass is 35.5. The van der Waals surface area contributed by atoms with E-state index in [1.165, 1.54) is 17.0 Å². The molecule has 0 aliphatic carbocycles.